The molecule has 0 radical (unpaired) electrons. The van der Waals surface area contributed by atoms with Crippen molar-refractivity contribution in [2.75, 3.05) is 13.6 Å². The Balaban J connectivity index is 2.12. The summed E-state index contributed by atoms with van der Waals surface area (Å²) in [6, 6.07) is 0. The van der Waals surface area contributed by atoms with E-state index in [4.69, 9.17) is 4.74 Å². The fourth-order valence-electron chi connectivity index (χ4n) is 0.562. The van der Waals surface area contributed by atoms with Crippen LogP contribution in [0.25, 0.3) is 0 Å². The van der Waals surface area contributed by atoms with Crippen LogP contribution in [0.1, 0.15) is 13.3 Å². The van der Waals surface area contributed by atoms with Crippen molar-refractivity contribution >= 4 is 5.97 Å². The predicted octanol–water partition coefficient (Wildman–Crippen LogP) is 0.211. The number of esters is 1. The molecule has 1 heterocycles. The molecular formula is C6H11NO2. The smallest absolute Gasteiger partial charge is 0.307 e. The maximum absolute atomic E-state index is 10.6. The summed E-state index contributed by atoms with van der Waals surface area (Å²) >= 11 is 0. The monoisotopic (exact) mass is 129 g/mol. The average Bonchev–Trinajstić information content (AvgIpc) is 2.47. The highest BCUT2D eigenvalue weighted by Crippen LogP contribution is 2.14. The molecular weight excluding hydrogens is 118 g/mol. The van der Waals surface area contributed by atoms with Crippen molar-refractivity contribution < 1.29 is 9.53 Å². The van der Waals surface area contributed by atoms with E-state index in [1.54, 1.807) is 6.92 Å². The molecule has 0 spiro atoms. The molecule has 1 aliphatic heterocycles. The summed E-state index contributed by atoms with van der Waals surface area (Å²) in [5.41, 5.74) is 0. The largest absolute Gasteiger partial charge is 0.445 e. The van der Waals surface area contributed by atoms with Gasteiger partial charge in [0.15, 0.2) is 6.23 Å². The Morgan fingerprint density at radius 2 is 2.44 bits per heavy atom. The van der Waals surface area contributed by atoms with Crippen LogP contribution in [0.5, 0.6) is 0 Å². The lowest BCUT2D eigenvalue weighted by molar-refractivity contribution is -0.145. The highest BCUT2D eigenvalue weighted by molar-refractivity contribution is 5.69. The third-order valence-electron chi connectivity index (χ3n) is 1.36. The molecule has 0 N–H and O–H groups in total. The molecule has 0 aromatic carbocycles. The first-order valence-electron chi connectivity index (χ1n) is 3.13. The van der Waals surface area contributed by atoms with Crippen molar-refractivity contribution in [1.82, 2.24) is 4.90 Å². The Hall–Kier alpha value is -0.570. The van der Waals surface area contributed by atoms with Gasteiger partial charge in [-0.05, 0) is 7.05 Å². The van der Waals surface area contributed by atoms with Gasteiger partial charge in [-0.15, -0.1) is 0 Å². The lowest BCUT2D eigenvalue weighted by Crippen LogP contribution is -2.07. The van der Waals surface area contributed by atoms with Gasteiger partial charge in [0, 0.05) is 6.42 Å². The van der Waals surface area contributed by atoms with Crippen molar-refractivity contribution in [1.29, 1.82) is 0 Å². The van der Waals surface area contributed by atoms with Crippen LogP contribution in [0.2, 0.25) is 0 Å². The van der Waals surface area contributed by atoms with Gasteiger partial charge in [0.25, 0.3) is 0 Å². The Kier molecular flexibility index (Phi) is 1.71. The molecule has 2 atom stereocenters. The first-order valence-corrected chi connectivity index (χ1v) is 3.13. The minimum absolute atomic E-state index is 0.0810. The van der Waals surface area contributed by atoms with Crippen LogP contribution in [0.4, 0.5) is 0 Å². The summed E-state index contributed by atoms with van der Waals surface area (Å²) in [7, 11) is 1.92. The third kappa shape index (κ3) is 1.68. The zero-order chi connectivity index (χ0) is 6.85. The molecule has 1 rings (SSSR count). The molecule has 0 saturated carbocycles. The normalized spacial score (nSPS) is 31.8. The van der Waals surface area contributed by atoms with Crippen LogP contribution in [0.3, 0.4) is 0 Å². The third-order valence-corrected chi connectivity index (χ3v) is 1.36. The van der Waals surface area contributed by atoms with Gasteiger partial charge in [0.1, 0.15) is 0 Å². The molecule has 0 aliphatic carbocycles. The second kappa shape index (κ2) is 2.35. The van der Waals surface area contributed by atoms with E-state index < -0.39 is 0 Å². The van der Waals surface area contributed by atoms with Gasteiger partial charge >= 0.3 is 5.97 Å². The molecule has 0 aromatic heterocycles. The van der Waals surface area contributed by atoms with Gasteiger partial charge < -0.3 is 4.74 Å². The Morgan fingerprint density at radius 3 is 2.78 bits per heavy atom. The second-order valence-electron chi connectivity index (χ2n) is 2.24. The van der Waals surface area contributed by atoms with Crippen molar-refractivity contribution in [2.24, 2.45) is 0 Å². The Labute approximate surface area is 54.6 Å². The van der Waals surface area contributed by atoms with Gasteiger partial charge in [-0.25, -0.2) is 0 Å². The van der Waals surface area contributed by atoms with E-state index in [1.165, 1.54) is 0 Å². The fourth-order valence-corrected chi connectivity index (χ4v) is 0.562. The number of ether oxygens (including phenoxy) is 1. The van der Waals surface area contributed by atoms with E-state index >= 15 is 0 Å². The van der Waals surface area contributed by atoms with Crippen LogP contribution in [-0.2, 0) is 9.53 Å². The average molecular weight is 129 g/mol. The lowest BCUT2D eigenvalue weighted by Gasteiger charge is -1.97. The predicted molar refractivity (Wildman–Crippen MR) is 32.8 cm³/mol. The van der Waals surface area contributed by atoms with E-state index in [2.05, 4.69) is 0 Å². The quantitative estimate of drug-likeness (QED) is 0.394. The number of hydrogen-bond donors (Lipinski definition) is 0. The Bertz CT molecular complexity index is 124. The molecule has 3 nitrogen and oxygen atoms in total. The van der Waals surface area contributed by atoms with E-state index in [-0.39, 0.29) is 12.2 Å². The highest BCUT2D eigenvalue weighted by atomic mass is 16.6. The molecule has 9 heavy (non-hydrogen) atoms. The van der Waals surface area contributed by atoms with Crippen molar-refractivity contribution in [3.05, 3.63) is 0 Å². The van der Waals surface area contributed by atoms with Gasteiger partial charge in [-0.2, -0.15) is 0 Å². The van der Waals surface area contributed by atoms with E-state index in [1.807, 2.05) is 11.9 Å². The van der Waals surface area contributed by atoms with Gasteiger partial charge in [0.2, 0.25) is 0 Å². The SMILES string of the molecule is CCC(=O)OC1CN1C. The van der Waals surface area contributed by atoms with Gasteiger partial charge in [-0.1, -0.05) is 6.92 Å². The first-order chi connectivity index (χ1) is 4.24. The van der Waals surface area contributed by atoms with Gasteiger partial charge in [0.05, 0.1) is 6.54 Å². The molecule has 3 heteroatoms. The number of hydrogen-bond acceptors (Lipinski definition) is 3. The molecule has 2 unspecified atom stereocenters. The summed E-state index contributed by atoms with van der Waals surface area (Å²) in [5, 5.41) is 0. The maximum Gasteiger partial charge on any atom is 0.307 e. The van der Waals surface area contributed by atoms with Crippen LogP contribution in [0, 0.1) is 0 Å². The van der Waals surface area contributed by atoms with Crippen molar-refractivity contribution in [3.8, 4) is 0 Å². The number of likely N-dealkylation sites (N-methyl/N-ethyl adjacent to an activating group) is 1. The molecule has 0 bridgehead atoms. The van der Waals surface area contributed by atoms with Crippen molar-refractivity contribution in [3.63, 3.8) is 0 Å². The topological polar surface area (TPSA) is 29.3 Å². The summed E-state index contributed by atoms with van der Waals surface area (Å²) in [6.07, 6.45) is 0.557. The molecule has 52 valence electrons. The zero-order valence-corrected chi connectivity index (χ0v) is 5.76. The summed E-state index contributed by atoms with van der Waals surface area (Å²) in [6.45, 7) is 2.69. The van der Waals surface area contributed by atoms with Crippen LogP contribution >= 0.6 is 0 Å². The minimum Gasteiger partial charge on any atom is -0.445 e. The number of carbonyl (C=O) groups is 1. The highest BCUT2D eigenvalue weighted by Gasteiger charge is 2.32. The van der Waals surface area contributed by atoms with E-state index in [0.29, 0.717) is 6.42 Å². The first kappa shape index (κ1) is 6.55. The number of carbonyl (C=O) groups excluding carboxylic acids is 1. The number of nitrogens with zero attached hydrogens (tertiary/aromatic N) is 1. The molecule has 1 aliphatic rings. The van der Waals surface area contributed by atoms with Crippen LogP contribution in [-0.4, -0.2) is 30.7 Å². The minimum atomic E-state index is -0.107. The fraction of sp³-hybridized carbons (Fsp3) is 0.833. The van der Waals surface area contributed by atoms with Crippen LogP contribution < -0.4 is 0 Å². The van der Waals surface area contributed by atoms with E-state index in [0.717, 1.165) is 6.54 Å². The summed E-state index contributed by atoms with van der Waals surface area (Å²) < 4.78 is 4.91. The van der Waals surface area contributed by atoms with Crippen LogP contribution in [0.15, 0.2) is 0 Å². The molecule has 1 fully saturated rings. The molecule has 0 aromatic rings. The summed E-state index contributed by atoms with van der Waals surface area (Å²) in [4.78, 5) is 12.5. The standard InChI is InChI=1S/C6H11NO2/c1-3-6(8)9-5-4-7(5)2/h5H,3-4H2,1-2H3. The van der Waals surface area contributed by atoms with E-state index in [9.17, 15) is 4.79 Å². The zero-order valence-electron chi connectivity index (χ0n) is 5.76. The second-order valence-corrected chi connectivity index (χ2v) is 2.24. The number of rotatable bonds is 2. The summed E-state index contributed by atoms with van der Waals surface area (Å²) in [5.74, 6) is -0.107. The van der Waals surface area contributed by atoms with Gasteiger partial charge in [-0.3, -0.25) is 9.69 Å². The van der Waals surface area contributed by atoms with Crippen molar-refractivity contribution in [2.45, 2.75) is 19.6 Å². The molecule has 0 amide bonds. The maximum atomic E-state index is 10.6. The molecule has 1 saturated heterocycles. The Morgan fingerprint density at radius 1 is 1.89 bits per heavy atom. The lowest BCUT2D eigenvalue weighted by atomic mass is 10.5.